The molecule has 0 fully saturated rings. The number of carbonyl (C=O) groups excluding carboxylic acids is 2. The maximum atomic E-state index is 14.6. The van der Waals surface area contributed by atoms with Crippen LogP contribution in [0.25, 0.3) is 32.3 Å². The van der Waals surface area contributed by atoms with E-state index >= 15 is 0 Å². The molecule has 0 aliphatic carbocycles. The van der Waals surface area contributed by atoms with Crippen LogP contribution in [0.3, 0.4) is 0 Å². The maximum Gasteiger partial charge on any atom is 0.262 e. The normalized spacial score (nSPS) is 12.0. The van der Waals surface area contributed by atoms with Gasteiger partial charge in [0.2, 0.25) is 0 Å². The molecule has 6 rings (SSSR count). The average molecular weight is 480 g/mol. The summed E-state index contributed by atoms with van der Waals surface area (Å²) in [6.45, 7) is 1.92. The van der Waals surface area contributed by atoms with Crippen LogP contribution in [-0.2, 0) is 0 Å². The average Bonchev–Trinajstić information content (AvgIpc) is 2.96. The maximum absolute atomic E-state index is 14.6. The number of fused-ring (bicyclic) bond motifs is 3. The van der Waals surface area contributed by atoms with Crippen LogP contribution in [0.5, 0.6) is 0 Å². The van der Waals surface area contributed by atoms with Crippen molar-refractivity contribution in [3.8, 4) is 0 Å². The highest BCUT2D eigenvalue weighted by Gasteiger charge is 2.32. The van der Waals surface area contributed by atoms with Crippen molar-refractivity contribution in [3.05, 3.63) is 144 Å². The highest BCUT2D eigenvalue weighted by Crippen LogP contribution is 2.33. The van der Waals surface area contributed by atoms with E-state index < -0.39 is 6.04 Å². The summed E-state index contributed by atoms with van der Waals surface area (Å²) in [4.78, 5) is 30.4. The number of nitrogens with zero attached hydrogens (tertiary/aromatic N) is 1. The third-order valence-electron chi connectivity index (χ3n) is 7.11. The van der Waals surface area contributed by atoms with Crippen LogP contribution >= 0.6 is 0 Å². The van der Waals surface area contributed by atoms with Crippen molar-refractivity contribution in [2.45, 2.75) is 13.0 Å². The van der Waals surface area contributed by atoms with Gasteiger partial charge in [0.15, 0.2) is 0 Å². The first-order valence-corrected chi connectivity index (χ1v) is 12.4. The third-order valence-corrected chi connectivity index (χ3v) is 7.11. The number of carbonyl (C=O) groups is 2. The monoisotopic (exact) mass is 479 g/mol. The number of amides is 2. The molecule has 0 aliphatic rings. The molecule has 0 radical (unpaired) electrons. The largest absolute Gasteiger partial charge is 0.269 e. The smallest absolute Gasteiger partial charge is 0.262 e. The molecule has 1 atom stereocenters. The molecule has 0 aliphatic heterocycles. The highest BCUT2D eigenvalue weighted by molar-refractivity contribution is 6.23. The Hall–Kier alpha value is -4.76. The van der Waals surface area contributed by atoms with Crippen LogP contribution in [0.2, 0.25) is 0 Å². The first-order valence-electron chi connectivity index (χ1n) is 12.4. The fourth-order valence-corrected chi connectivity index (χ4v) is 5.23. The van der Waals surface area contributed by atoms with Crippen molar-refractivity contribution in [3.63, 3.8) is 0 Å². The number of rotatable bonds is 4. The van der Waals surface area contributed by atoms with Gasteiger partial charge in [0, 0.05) is 5.56 Å². The molecule has 0 saturated heterocycles. The van der Waals surface area contributed by atoms with Gasteiger partial charge in [-0.3, -0.25) is 14.5 Å². The van der Waals surface area contributed by atoms with Crippen LogP contribution in [-0.4, -0.2) is 16.7 Å². The predicted octanol–water partition coefficient (Wildman–Crippen LogP) is 8.19. The van der Waals surface area contributed by atoms with Crippen molar-refractivity contribution < 1.29 is 9.59 Å². The number of hydrogen-bond donors (Lipinski definition) is 0. The van der Waals surface area contributed by atoms with E-state index in [1.54, 1.807) is 0 Å². The second-order valence-electron chi connectivity index (χ2n) is 9.29. The topological polar surface area (TPSA) is 37.4 Å². The Balaban J connectivity index is 1.60. The van der Waals surface area contributed by atoms with Gasteiger partial charge in [-0.1, -0.05) is 115 Å². The van der Waals surface area contributed by atoms with E-state index in [9.17, 15) is 9.59 Å². The lowest BCUT2D eigenvalue weighted by molar-refractivity contribution is 0.0559. The molecule has 0 unspecified atom stereocenters. The summed E-state index contributed by atoms with van der Waals surface area (Å²) >= 11 is 0. The minimum atomic E-state index is -0.474. The first kappa shape index (κ1) is 22.7. The van der Waals surface area contributed by atoms with Crippen molar-refractivity contribution >= 4 is 44.1 Å². The lowest BCUT2D eigenvalue weighted by Gasteiger charge is -2.29. The SMILES string of the molecule is C[C@H](c1ccccc1)N(C(=O)c1cccc2ccccc12)C(=O)c1c2ccccc2cc2ccccc12. The summed E-state index contributed by atoms with van der Waals surface area (Å²) in [6.07, 6.45) is 0. The minimum Gasteiger partial charge on any atom is -0.269 e. The lowest BCUT2D eigenvalue weighted by Crippen LogP contribution is -2.39. The van der Waals surface area contributed by atoms with Gasteiger partial charge in [-0.15, -0.1) is 0 Å². The second kappa shape index (κ2) is 9.36. The standard InChI is InChI=1S/C34H25NO2/c1-23(24-12-3-2-4-13-24)35(33(36)31-21-11-17-25-14-5-8-18-28(25)31)34(37)32-29-19-9-6-15-26(29)22-27-16-7-10-20-30(27)32/h2-23H,1H3/t23-/m1/s1. The van der Waals surface area contributed by atoms with Crippen LogP contribution in [0.1, 0.15) is 39.2 Å². The Morgan fingerprint density at radius 2 is 1.05 bits per heavy atom. The quantitative estimate of drug-likeness (QED) is 0.189. The molecule has 0 heterocycles. The van der Waals surface area contributed by atoms with Crippen molar-refractivity contribution in [1.29, 1.82) is 0 Å². The zero-order chi connectivity index (χ0) is 25.4. The van der Waals surface area contributed by atoms with E-state index in [1.807, 2.05) is 128 Å². The van der Waals surface area contributed by atoms with E-state index in [0.29, 0.717) is 11.1 Å². The molecule has 3 heteroatoms. The van der Waals surface area contributed by atoms with Crippen LogP contribution in [0.15, 0.2) is 127 Å². The zero-order valence-electron chi connectivity index (χ0n) is 20.5. The highest BCUT2D eigenvalue weighted by atomic mass is 16.2. The fourth-order valence-electron chi connectivity index (χ4n) is 5.23. The number of benzene rings is 6. The van der Waals surface area contributed by atoms with Crippen molar-refractivity contribution in [2.24, 2.45) is 0 Å². The van der Waals surface area contributed by atoms with Gasteiger partial charge in [0.1, 0.15) is 0 Å². The second-order valence-corrected chi connectivity index (χ2v) is 9.29. The van der Waals surface area contributed by atoms with Crippen LogP contribution < -0.4 is 0 Å². The molecule has 0 saturated carbocycles. The van der Waals surface area contributed by atoms with Crippen LogP contribution in [0, 0.1) is 0 Å². The molecule has 6 aromatic carbocycles. The summed E-state index contributed by atoms with van der Waals surface area (Å²) in [5.74, 6) is -0.613. The Morgan fingerprint density at radius 1 is 0.541 bits per heavy atom. The lowest BCUT2D eigenvalue weighted by atomic mass is 9.94. The Bertz CT molecular complexity index is 1730. The molecular weight excluding hydrogens is 454 g/mol. The Morgan fingerprint density at radius 3 is 1.70 bits per heavy atom. The van der Waals surface area contributed by atoms with E-state index in [0.717, 1.165) is 37.9 Å². The van der Waals surface area contributed by atoms with Gasteiger partial charge in [-0.05, 0) is 56.9 Å². The molecule has 37 heavy (non-hydrogen) atoms. The van der Waals surface area contributed by atoms with Gasteiger partial charge in [-0.25, -0.2) is 0 Å². The van der Waals surface area contributed by atoms with Crippen molar-refractivity contribution in [2.75, 3.05) is 0 Å². The molecule has 0 aromatic heterocycles. The Labute approximate surface area is 215 Å². The molecule has 2 amide bonds. The number of imide groups is 1. The molecule has 6 aromatic rings. The molecular formula is C34H25NO2. The third kappa shape index (κ3) is 3.95. The van der Waals surface area contributed by atoms with E-state index in [1.165, 1.54) is 4.90 Å². The van der Waals surface area contributed by atoms with Gasteiger partial charge in [-0.2, -0.15) is 0 Å². The minimum absolute atomic E-state index is 0.303. The number of hydrogen-bond acceptors (Lipinski definition) is 2. The molecule has 3 nitrogen and oxygen atoms in total. The summed E-state index contributed by atoms with van der Waals surface area (Å²) < 4.78 is 0. The van der Waals surface area contributed by atoms with Gasteiger partial charge in [0.05, 0.1) is 11.6 Å². The van der Waals surface area contributed by atoms with E-state index in [2.05, 4.69) is 6.07 Å². The first-order chi connectivity index (χ1) is 18.1. The summed E-state index contributed by atoms with van der Waals surface area (Å²) in [5.41, 5.74) is 1.96. The molecule has 0 N–H and O–H groups in total. The van der Waals surface area contributed by atoms with E-state index in [4.69, 9.17) is 0 Å². The predicted molar refractivity (Wildman–Crippen MR) is 151 cm³/mol. The van der Waals surface area contributed by atoms with E-state index in [-0.39, 0.29) is 11.8 Å². The zero-order valence-corrected chi connectivity index (χ0v) is 20.5. The van der Waals surface area contributed by atoms with Crippen molar-refractivity contribution in [1.82, 2.24) is 4.90 Å². The molecule has 0 bridgehead atoms. The van der Waals surface area contributed by atoms with Gasteiger partial charge >= 0.3 is 0 Å². The Kier molecular flexibility index (Phi) is 5.74. The van der Waals surface area contributed by atoms with Gasteiger partial charge < -0.3 is 0 Å². The summed E-state index contributed by atoms with van der Waals surface area (Å²) in [7, 11) is 0. The molecule has 178 valence electrons. The van der Waals surface area contributed by atoms with Gasteiger partial charge in [0.25, 0.3) is 11.8 Å². The molecule has 0 spiro atoms. The van der Waals surface area contributed by atoms with Crippen LogP contribution in [0.4, 0.5) is 0 Å². The summed E-state index contributed by atoms with van der Waals surface area (Å²) in [6, 6.07) is 40.6. The summed E-state index contributed by atoms with van der Waals surface area (Å²) in [5, 5.41) is 5.40. The fraction of sp³-hybridized carbons (Fsp3) is 0.0588.